The molecule has 1 aromatic carbocycles. The molecule has 0 aliphatic carbocycles. The van der Waals surface area contributed by atoms with E-state index >= 15 is 0 Å². The van der Waals surface area contributed by atoms with E-state index in [4.69, 9.17) is 23.2 Å². The molecule has 6 heteroatoms. The van der Waals surface area contributed by atoms with Crippen LogP contribution in [0.3, 0.4) is 0 Å². The Bertz CT molecular complexity index is 439. The number of halogens is 3. The van der Waals surface area contributed by atoms with Crippen LogP contribution in [0.4, 0.5) is 0 Å². The molecule has 0 bridgehead atoms. The van der Waals surface area contributed by atoms with Crippen molar-refractivity contribution in [1.29, 1.82) is 0 Å². The van der Waals surface area contributed by atoms with Crippen molar-refractivity contribution in [2.24, 2.45) is 0 Å². The maximum absolute atomic E-state index is 12.3. The van der Waals surface area contributed by atoms with Crippen LogP contribution in [-0.4, -0.2) is 36.5 Å². The van der Waals surface area contributed by atoms with Crippen LogP contribution in [0.1, 0.15) is 17.3 Å². The fourth-order valence-corrected chi connectivity index (χ4v) is 2.35. The number of rotatable bonds is 1. The number of carbonyl (C=O) groups is 1. The predicted octanol–water partition coefficient (Wildman–Crippen LogP) is 2.85. The van der Waals surface area contributed by atoms with Crippen molar-refractivity contribution in [3.05, 3.63) is 33.8 Å². The fraction of sp³-hybridized carbons (Fsp3) is 0.417. The van der Waals surface area contributed by atoms with Gasteiger partial charge in [-0.3, -0.25) is 4.79 Å². The monoisotopic (exact) mass is 308 g/mol. The van der Waals surface area contributed by atoms with Crippen LogP contribution in [0.5, 0.6) is 0 Å². The maximum Gasteiger partial charge on any atom is 0.255 e. The molecular weight excluding hydrogens is 295 g/mol. The van der Waals surface area contributed by atoms with Gasteiger partial charge in [-0.1, -0.05) is 29.3 Å². The summed E-state index contributed by atoms with van der Waals surface area (Å²) < 4.78 is 0. The number of carbonyl (C=O) groups excluding carboxylic acids is 1. The molecule has 0 saturated carbocycles. The summed E-state index contributed by atoms with van der Waals surface area (Å²) in [4.78, 5) is 14.2. The van der Waals surface area contributed by atoms with E-state index in [0.717, 1.165) is 13.1 Å². The van der Waals surface area contributed by atoms with Gasteiger partial charge in [0, 0.05) is 25.7 Å². The zero-order valence-electron chi connectivity index (χ0n) is 9.95. The average Bonchev–Trinajstić information content (AvgIpc) is 2.32. The SMILES string of the molecule is CC1CNCCN1C(=O)c1cccc(Cl)c1Cl.Cl. The summed E-state index contributed by atoms with van der Waals surface area (Å²) >= 11 is 12.0. The van der Waals surface area contributed by atoms with Gasteiger partial charge in [-0.25, -0.2) is 0 Å². The van der Waals surface area contributed by atoms with Crippen LogP contribution in [0.25, 0.3) is 0 Å². The highest BCUT2D eigenvalue weighted by molar-refractivity contribution is 6.43. The van der Waals surface area contributed by atoms with Crippen molar-refractivity contribution in [3.8, 4) is 0 Å². The Balaban J connectivity index is 0.00000162. The molecule has 1 amide bonds. The Morgan fingerprint density at radius 1 is 1.44 bits per heavy atom. The molecule has 1 aliphatic heterocycles. The second-order valence-corrected chi connectivity index (χ2v) is 4.94. The van der Waals surface area contributed by atoms with Crippen LogP contribution < -0.4 is 5.32 Å². The Kier molecular flexibility index (Phi) is 5.73. The first-order valence-electron chi connectivity index (χ1n) is 5.57. The van der Waals surface area contributed by atoms with Gasteiger partial charge in [0.15, 0.2) is 0 Å². The number of nitrogens with one attached hydrogen (secondary N) is 1. The van der Waals surface area contributed by atoms with Gasteiger partial charge in [0.1, 0.15) is 0 Å². The minimum atomic E-state index is -0.0495. The summed E-state index contributed by atoms with van der Waals surface area (Å²) in [5.74, 6) is -0.0495. The zero-order chi connectivity index (χ0) is 12.4. The molecule has 1 saturated heterocycles. The molecule has 1 heterocycles. The van der Waals surface area contributed by atoms with Crippen molar-refractivity contribution < 1.29 is 4.79 Å². The van der Waals surface area contributed by atoms with Gasteiger partial charge in [0.25, 0.3) is 5.91 Å². The number of hydrogen-bond acceptors (Lipinski definition) is 2. The summed E-state index contributed by atoms with van der Waals surface area (Å²) in [6.45, 7) is 4.34. The molecule has 100 valence electrons. The lowest BCUT2D eigenvalue weighted by molar-refractivity contribution is 0.0656. The molecule has 1 aromatic rings. The van der Waals surface area contributed by atoms with Crippen molar-refractivity contribution >= 4 is 41.5 Å². The van der Waals surface area contributed by atoms with Crippen molar-refractivity contribution in [3.63, 3.8) is 0 Å². The topological polar surface area (TPSA) is 32.3 Å². The number of benzene rings is 1. The highest BCUT2D eigenvalue weighted by atomic mass is 35.5. The molecule has 18 heavy (non-hydrogen) atoms. The second kappa shape index (κ2) is 6.62. The van der Waals surface area contributed by atoms with Crippen LogP contribution in [0.15, 0.2) is 18.2 Å². The average molecular weight is 310 g/mol. The minimum absolute atomic E-state index is 0. The van der Waals surface area contributed by atoms with Crippen molar-refractivity contribution in [1.82, 2.24) is 10.2 Å². The van der Waals surface area contributed by atoms with Crippen LogP contribution in [0.2, 0.25) is 10.0 Å². The third-order valence-electron chi connectivity index (χ3n) is 2.94. The number of nitrogens with zero attached hydrogens (tertiary/aromatic N) is 1. The molecule has 1 atom stereocenters. The molecule has 3 nitrogen and oxygen atoms in total. The lowest BCUT2D eigenvalue weighted by Crippen LogP contribution is -2.52. The molecule has 0 aromatic heterocycles. The summed E-state index contributed by atoms with van der Waals surface area (Å²) in [7, 11) is 0. The third-order valence-corrected chi connectivity index (χ3v) is 3.76. The van der Waals surface area contributed by atoms with E-state index in [1.807, 2.05) is 11.8 Å². The summed E-state index contributed by atoms with van der Waals surface area (Å²) in [6, 6.07) is 5.31. The molecule has 0 spiro atoms. The van der Waals surface area contributed by atoms with Crippen LogP contribution in [0, 0.1) is 0 Å². The molecular formula is C12H15Cl3N2O. The molecule has 1 aliphatic rings. The Morgan fingerprint density at radius 2 is 2.17 bits per heavy atom. The molecule has 1 unspecified atom stereocenters. The van der Waals surface area contributed by atoms with Gasteiger partial charge in [0.2, 0.25) is 0 Å². The Labute approximate surface area is 123 Å². The fourth-order valence-electron chi connectivity index (χ4n) is 1.97. The van der Waals surface area contributed by atoms with E-state index < -0.39 is 0 Å². The van der Waals surface area contributed by atoms with E-state index in [1.165, 1.54) is 0 Å². The first-order valence-corrected chi connectivity index (χ1v) is 6.32. The standard InChI is InChI=1S/C12H14Cl2N2O.ClH/c1-8-7-15-5-6-16(8)12(17)9-3-2-4-10(13)11(9)14;/h2-4,8,15H,5-7H2,1H3;1H. The summed E-state index contributed by atoms with van der Waals surface area (Å²) in [6.07, 6.45) is 0. The summed E-state index contributed by atoms with van der Waals surface area (Å²) in [5, 5.41) is 4.00. The van der Waals surface area contributed by atoms with Crippen molar-refractivity contribution in [2.75, 3.05) is 19.6 Å². The first kappa shape index (κ1) is 15.6. The summed E-state index contributed by atoms with van der Waals surface area (Å²) in [5.41, 5.74) is 0.480. The highest BCUT2D eigenvalue weighted by Crippen LogP contribution is 2.27. The minimum Gasteiger partial charge on any atom is -0.333 e. The second-order valence-electron chi connectivity index (χ2n) is 4.15. The first-order chi connectivity index (χ1) is 8.11. The normalized spacial score (nSPS) is 19.3. The van der Waals surface area contributed by atoms with Gasteiger partial charge >= 0.3 is 0 Å². The molecule has 0 radical (unpaired) electrons. The third kappa shape index (κ3) is 3.09. The largest absolute Gasteiger partial charge is 0.333 e. The smallest absolute Gasteiger partial charge is 0.255 e. The van der Waals surface area contributed by atoms with Gasteiger partial charge in [-0.05, 0) is 19.1 Å². The van der Waals surface area contributed by atoms with E-state index in [0.29, 0.717) is 22.2 Å². The molecule has 1 fully saturated rings. The van der Waals surface area contributed by atoms with Gasteiger partial charge < -0.3 is 10.2 Å². The molecule has 2 rings (SSSR count). The van der Waals surface area contributed by atoms with E-state index in [9.17, 15) is 4.79 Å². The predicted molar refractivity (Wildman–Crippen MR) is 77.1 cm³/mol. The van der Waals surface area contributed by atoms with Gasteiger partial charge in [0.05, 0.1) is 15.6 Å². The highest BCUT2D eigenvalue weighted by Gasteiger charge is 2.25. The number of hydrogen-bond donors (Lipinski definition) is 1. The van der Waals surface area contributed by atoms with Crippen LogP contribution in [-0.2, 0) is 0 Å². The Morgan fingerprint density at radius 3 is 2.83 bits per heavy atom. The number of piperazine rings is 1. The van der Waals surface area contributed by atoms with E-state index in [2.05, 4.69) is 5.32 Å². The maximum atomic E-state index is 12.3. The van der Waals surface area contributed by atoms with Crippen molar-refractivity contribution in [2.45, 2.75) is 13.0 Å². The molecule has 1 N–H and O–H groups in total. The van der Waals surface area contributed by atoms with Gasteiger partial charge in [-0.15, -0.1) is 12.4 Å². The number of amides is 1. The zero-order valence-corrected chi connectivity index (χ0v) is 12.3. The van der Waals surface area contributed by atoms with Gasteiger partial charge in [-0.2, -0.15) is 0 Å². The van der Waals surface area contributed by atoms with Crippen LogP contribution >= 0.6 is 35.6 Å². The lowest BCUT2D eigenvalue weighted by Gasteiger charge is -2.34. The Hall–Kier alpha value is -0.480. The van der Waals surface area contributed by atoms with E-state index in [-0.39, 0.29) is 24.4 Å². The quantitative estimate of drug-likeness (QED) is 0.865. The lowest BCUT2D eigenvalue weighted by atomic mass is 10.1. The van der Waals surface area contributed by atoms with E-state index in [1.54, 1.807) is 18.2 Å².